The lowest BCUT2D eigenvalue weighted by Gasteiger charge is -2.16. The molecule has 3 nitrogen and oxygen atoms in total. The average Bonchev–Trinajstić information content (AvgIpc) is 2.29. The number of nitrogen functional groups attached to an aromatic ring is 1. The van der Waals surface area contributed by atoms with Gasteiger partial charge in [-0.25, -0.2) is 0 Å². The van der Waals surface area contributed by atoms with Crippen molar-refractivity contribution in [2.24, 2.45) is 0 Å². The number of nitrogens with two attached hydrogens (primary N) is 1. The van der Waals surface area contributed by atoms with E-state index in [1.54, 1.807) is 6.20 Å². The van der Waals surface area contributed by atoms with E-state index in [1.165, 1.54) is 0 Å². The highest BCUT2D eigenvalue weighted by Crippen LogP contribution is 2.29. The first-order valence-electron chi connectivity index (χ1n) is 5.48. The zero-order chi connectivity index (χ0) is 11.5. The fraction of sp³-hybridized carbons (Fsp3) is 0.308. The van der Waals surface area contributed by atoms with Crippen molar-refractivity contribution in [3.8, 4) is 0 Å². The maximum absolute atomic E-state index is 5.98. The molecule has 1 atom stereocenters. The maximum Gasteiger partial charge on any atom is 0.0823 e. The molecule has 1 aromatic carbocycles. The first-order valence-corrected chi connectivity index (χ1v) is 5.48. The van der Waals surface area contributed by atoms with Gasteiger partial charge in [0.25, 0.3) is 0 Å². The summed E-state index contributed by atoms with van der Waals surface area (Å²) < 4.78 is 5.61. The van der Waals surface area contributed by atoms with Gasteiger partial charge in [-0.1, -0.05) is 18.2 Å². The number of aromatic nitrogens is 1. The number of hydrogen-bond donors (Lipinski definition) is 1. The summed E-state index contributed by atoms with van der Waals surface area (Å²) in [6.07, 6.45) is 1.70. The van der Waals surface area contributed by atoms with E-state index < -0.39 is 0 Å². The number of hydrogen-bond acceptors (Lipinski definition) is 3. The van der Waals surface area contributed by atoms with Crippen molar-refractivity contribution >= 4 is 16.6 Å². The quantitative estimate of drug-likeness (QED) is 0.858. The first kappa shape index (κ1) is 10.9. The molecule has 0 spiro atoms. The Balaban J connectivity index is 2.61. The second kappa shape index (κ2) is 4.49. The number of anilines is 1. The van der Waals surface area contributed by atoms with Crippen LogP contribution in [0.5, 0.6) is 0 Å². The van der Waals surface area contributed by atoms with Crippen molar-refractivity contribution in [2.45, 2.75) is 20.0 Å². The molecule has 2 N–H and O–H groups in total. The van der Waals surface area contributed by atoms with E-state index >= 15 is 0 Å². The molecule has 3 heteroatoms. The van der Waals surface area contributed by atoms with Gasteiger partial charge >= 0.3 is 0 Å². The zero-order valence-corrected chi connectivity index (χ0v) is 9.60. The Hall–Kier alpha value is -1.61. The summed E-state index contributed by atoms with van der Waals surface area (Å²) >= 11 is 0. The predicted molar refractivity (Wildman–Crippen MR) is 66.2 cm³/mol. The van der Waals surface area contributed by atoms with Crippen LogP contribution in [0, 0.1) is 0 Å². The number of ether oxygens (including phenoxy) is 1. The van der Waals surface area contributed by atoms with Crippen LogP contribution in [-0.4, -0.2) is 11.6 Å². The summed E-state index contributed by atoms with van der Waals surface area (Å²) in [6, 6.07) is 7.98. The topological polar surface area (TPSA) is 48.1 Å². The van der Waals surface area contributed by atoms with Crippen LogP contribution in [0.1, 0.15) is 25.5 Å². The number of para-hydroxylation sites is 1. The molecule has 0 amide bonds. The molecule has 0 saturated carbocycles. The number of benzene rings is 1. The van der Waals surface area contributed by atoms with Crippen LogP contribution in [0.25, 0.3) is 10.9 Å². The number of pyridine rings is 1. The molecule has 0 saturated heterocycles. The van der Waals surface area contributed by atoms with Crippen molar-refractivity contribution in [1.29, 1.82) is 0 Å². The lowest BCUT2D eigenvalue weighted by atomic mass is 10.0. The normalized spacial score (nSPS) is 12.9. The summed E-state index contributed by atoms with van der Waals surface area (Å²) in [6.45, 7) is 4.68. The van der Waals surface area contributed by atoms with Crippen LogP contribution in [-0.2, 0) is 4.74 Å². The molecule has 2 aromatic rings. The smallest absolute Gasteiger partial charge is 0.0823 e. The Morgan fingerprint density at radius 2 is 2.12 bits per heavy atom. The van der Waals surface area contributed by atoms with Gasteiger partial charge in [0.2, 0.25) is 0 Å². The van der Waals surface area contributed by atoms with Crippen molar-refractivity contribution in [1.82, 2.24) is 4.98 Å². The van der Waals surface area contributed by atoms with Crippen LogP contribution in [0.4, 0.5) is 5.69 Å². The van der Waals surface area contributed by atoms with Crippen LogP contribution in [0.3, 0.4) is 0 Å². The SMILES string of the molecule is CCOC(C)c1c(N)cnc2ccccc12. The number of fused-ring (bicyclic) bond motifs is 1. The third kappa shape index (κ3) is 1.86. The van der Waals surface area contributed by atoms with E-state index in [4.69, 9.17) is 10.5 Å². The minimum absolute atomic E-state index is 0.00194. The minimum Gasteiger partial charge on any atom is -0.397 e. The molecule has 0 aliphatic rings. The second-order valence-electron chi connectivity index (χ2n) is 3.74. The molecular formula is C13H16N2O. The third-order valence-corrected chi connectivity index (χ3v) is 2.67. The molecule has 0 aliphatic heterocycles. The molecule has 1 unspecified atom stereocenters. The Morgan fingerprint density at radius 3 is 2.88 bits per heavy atom. The number of rotatable bonds is 3. The van der Waals surface area contributed by atoms with Gasteiger partial charge < -0.3 is 10.5 Å². The van der Waals surface area contributed by atoms with E-state index in [0.29, 0.717) is 12.3 Å². The molecule has 0 bridgehead atoms. The molecule has 16 heavy (non-hydrogen) atoms. The fourth-order valence-corrected chi connectivity index (χ4v) is 1.97. The molecule has 1 heterocycles. The Labute approximate surface area is 95.2 Å². The lowest BCUT2D eigenvalue weighted by molar-refractivity contribution is 0.0779. The van der Waals surface area contributed by atoms with Crippen LogP contribution >= 0.6 is 0 Å². The molecule has 84 valence electrons. The van der Waals surface area contributed by atoms with E-state index in [9.17, 15) is 0 Å². The Kier molecular flexibility index (Phi) is 3.06. The summed E-state index contributed by atoms with van der Waals surface area (Å²) in [4.78, 5) is 4.30. The summed E-state index contributed by atoms with van der Waals surface area (Å²) in [5.74, 6) is 0. The van der Waals surface area contributed by atoms with Crippen molar-refractivity contribution < 1.29 is 4.74 Å². The van der Waals surface area contributed by atoms with Crippen LogP contribution < -0.4 is 5.73 Å². The van der Waals surface area contributed by atoms with Gasteiger partial charge in [0, 0.05) is 17.6 Å². The summed E-state index contributed by atoms with van der Waals surface area (Å²) in [5, 5.41) is 1.07. The largest absolute Gasteiger partial charge is 0.397 e. The number of nitrogens with zero attached hydrogens (tertiary/aromatic N) is 1. The Morgan fingerprint density at radius 1 is 1.38 bits per heavy atom. The lowest BCUT2D eigenvalue weighted by Crippen LogP contribution is -2.05. The molecular weight excluding hydrogens is 200 g/mol. The van der Waals surface area contributed by atoms with E-state index in [0.717, 1.165) is 16.5 Å². The van der Waals surface area contributed by atoms with E-state index in [2.05, 4.69) is 4.98 Å². The third-order valence-electron chi connectivity index (χ3n) is 2.67. The van der Waals surface area contributed by atoms with Gasteiger partial charge in [-0.05, 0) is 19.9 Å². The van der Waals surface area contributed by atoms with Crippen molar-refractivity contribution in [3.05, 3.63) is 36.0 Å². The van der Waals surface area contributed by atoms with Gasteiger partial charge in [-0.15, -0.1) is 0 Å². The minimum atomic E-state index is -0.00194. The summed E-state index contributed by atoms with van der Waals surface area (Å²) in [7, 11) is 0. The molecule has 1 aromatic heterocycles. The van der Waals surface area contributed by atoms with Gasteiger partial charge in [-0.2, -0.15) is 0 Å². The summed E-state index contributed by atoms with van der Waals surface area (Å²) in [5.41, 5.74) is 8.66. The molecule has 0 fully saturated rings. The maximum atomic E-state index is 5.98. The van der Waals surface area contributed by atoms with Crippen molar-refractivity contribution in [2.75, 3.05) is 12.3 Å². The molecule has 0 aliphatic carbocycles. The van der Waals surface area contributed by atoms with Crippen molar-refractivity contribution in [3.63, 3.8) is 0 Å². The highest BCUT2D eigenvalue weighted by Gasteiger charge is 2.13. The highest BCUT2D eigenvalue weighted by atomic mass is 16.5. The molecule has 0 radical (unpaired) electrons. The Bertz CT molecular complexity index is 496. The van der Waals surface area contributed by atoms with Crippen LogP contribution in [0.2, 0.25) is 0 Å². The van der Waals surface area contributed by atoms with Gasteiger partial charge in [0.05, 0.1) is 23.5 Å². The first-order chi connectivity index (χ1) is 7.74. The average molecular weight is 216 g/mol. The predicted octanol–water partition coefficient (Wildman–Crippen LogP) is 2.91. The second-order valence-corrected chi connectivity index (χ2v) is 3.74. The van der Waals surface area contributed by atoms with E-state index in [-0.39, 0.29) is 6.10 Å². The van der Waals surface area contributed by atoms with Gasteiger partial charge in [-0.3, -0.25) is 4.98 Å². The van der Waals surface area contributed by atoms with E-state index in [1.807, 2.05) is 38.1 Å². The monoisotopic (exact) mass is 216 g/mol. The fourth-order valence-electron chi connectivity index (χ4n) is 1.97. The standard InChI is InChI=1S/C13H16N2O/c1-3-16-9(2)13-10-6-4-5-7-12(10)15-8-11(13)14/h4-9H,3,14H2,1-2H3. The van der Waals surface area contributed by atoms with Gasteiger partial charge in [0.15, 0.2) is 0 Å². The molecule has 2 rings (SSSR count). The van der Waals surface area contributed by atoms with Crippen LogP contribution in [0.15, 0.2) is 30.5 Å². The zero-order valence-electron chi connectivity index (χ0n) is 9.60. The highest BCUT2D eigenvalue weighted by molar-refractivity contribution is 5.86. The van der Waals surface area contributed by atoms with Gasteiger partial charge in [0.1, 0.15) is 0 Å².